The predicted octanol–water partition coefficient (Wildman–Crippen LogP) is 1.31. The third-order valence-electron chi connectivity index (χ3n) is 4.83. The van der Waals surface area contributed by atoms with Gasteiger partial charge in [0.05, 0.1) is 0 Å². The van der Waals surface area contributed by atoms with Gasteiger partial charge in [-0.05, 0) is 49.5 Å². The standard InChI is InChI=1S/C14H28N2O/c1-10-5-11(2)13(14(15)6-10)8-16-4-3-12(7-16)9-17/h10-14,17H,3-9,15H2,1-2H3. The Labute approximate surface area is 105 Å². The molecule has 1 aliphatic heterocycles. The van der Waals surface area contributed by atoms with Gasteiger partial charge in [-0.2, -0.15) is 0 Å². The first-order valence-electron chi connectivity index (χ1n) is 7.19. The number of nitrogens with zero attached hydrogens (tertiary/aromatic N) is 1. The van der Waals surface area contributed by atoms with Crippen LogP contribution >= 0.6 is 0 Å². The van der Waals surface area contributed by atoms with Crippen LogP contribution in [0.4, 0.5) is 0 Å². The summed E-state index contributed by atoms with van der Waals surface area (Å²) in [6.45, 7) is 8.40. The van der Waals surface area contributed by atoms with Crippen LogP contribution in [0.15, 0.2) is 0 Å². The van der Waals surface area contributed by atoms with E-state index in [0.717, 1.165) is 37.9 Å². The molecule has 1 saturated heterocycles. The summed E-state index contributed by atoms with van der Waals surface area (Å²) in [6, 6.07) is 0.377. The summed E-state index contributed by atoms with van der Waals surface area (Å²) in [6.07, 6.45) is 3.67. The first-order valence-corrected chi connectivity index (χ1v) is 7.19. The van der Waals surface area contributed by atoms with Gasteiger partial charge in [-0.3, -0.25) is 0 Å². The van der Waals surface area contributed by atoms with Gasteiger partial charge in [0.1, 0.15) is 0 Å². The summed E-state index contributed by atoms with van der Waals surface area (Å²) >= 11 is 0. The van der Waals surface area contributed by atoms with Crippen LogP contribution in [0.5, 0.6) is 0 Å². The Balaban J connectivity index is 1.85. The van der Waals surface area contributed by atoms with Gasteiger partial charge in [-0.25, -0.2) is 0 Å². The highest BCUT2D eigenvalue weighted by Gasteiger charge is 2.34. The fourth-order valence-corrected chi connectivity index (χ4v) is 3.81. The molecule has 0 bridgehead atoms. The van der Waals surface area contributed by atoms with Crippen molar-refractivity contribution in [1.82, 2.24) is 4.90 Å². The van der Waals surface area contributed by atoms with E-state index in [1.54, 1.807) is 0 Å². The molecule has 3 N–H and O–H groups in total. The van der Waals surface area contributed by atoms with Gasteiger partial charge in [-0.15, -0.1) is 0 Å². The number of nitrogens with two attached hydrogens (primary N) is 1. The van der Waals surface area contributed by atoms with E-state index in [4.69, 9.17) is 5.73 Å². The molecular formula is C14H28N2O. The molecule has 0 aromatic rings. The van der Waals surface area contributed by atoms with Crippen LogP contribution in [0.1, 0.15) is 33.1 Å². The van der Waals surface area contributed by atoms with E-state index in [-0.39, 0.29) is 0 Å². The molecule has 5 atom stereocenters. The van der Waals surface area contributed by atoms with Gasteiger partial charge in [0, 0.05) is 25.7 Å². The second kappa shape index (κ2) is 5.68. The average molecular weight is 240 g/mol. The summed E-state index contributed by atoms with van der Waals surface area (Å²) in [5.41, 5.74) is 6.33. The van der Waals surface area contributed by atoms with Gasteiger partial charge in [0.2, 0.25) is 0 Å². The van der Waals surface area contributed by atoms with Gasteiger partial charge < -0.3 is 15.7 Å². The monoisotopic (exact) mass is 240 g/mol. The van der Waals surface area contributed by atoms with Crippen molar-refractivity contribution in [3.8, 4) is 0 Å². The second-order valence-electron chi connectivity index (χ2n) is 6.48. The van der Waals surface area contributed by atoms with E-state index in [1.165, 1.54) is 12.8 Å². The summed E-state index contributed by atoms with van der Waals surface area (Å²) in [5, 5.41) is 9.18. The molecule has 2 rings (SSSR count). The highest BCUT2D eigenvalue weighted by molar-refractivity contribution is 4.88. The minimum Gasteiger partial charge on any atom is -0.396 e. The Morgan fingerprint density at radius 2 is 2.06 bits per heavy atom. The highest BCUT2D eigenvalue weighted by atomic mass is 16.3. The van der Waals surface area contributed by atoms with E-state index < -0.39 is 0 Å². The Hall–Kier alpha value is -0.120. The quantitative estimate of drug-likeness (QED) is 0.782. The molecule has 3 heteroatoms. The lowest BCUT2D eigenvalue weighted by Gasteiger charge is -2.39. The van der Waals surface area contributed by atoms with Crippen molar-refractivity contribution < 1.29 is 5.11 Å². The summed E-state index contributed by atoms with van der Waals surface area (Å²) in [5.74, 6) is 2.70. The zero-order valence-corrected chi connectivity index (χ0v) is 11.3. The number of aliphatic hydroxyl groups is 1. The van der Waals surface area contributed by atoms with E-state index in [2.05, 4.69) is 18.7 Å². The van der Waals surface area contributed by atoms with Crippen molar-refractivity contribution in [3.05, 3.63) is 0 Å². The zero-order valence-electron chi connectivity index (χ0n) is 11.3. The van der Waals surface area contributed by atoms with Gasteiger partial charge in [-0.1, -0.05) is 13.8 Å². The SMILES string of the molecule is CC1CC(C)C(CN2CCC(CO)C2)C(N)C1. The van der Waals surface area contributed by atoms with Crippen LogP contribution in [0, 0.1) is 23.7 Å². The maximum absolute atomic E-state index is 9.18. The predicted molar refractivity (Wildman–Crippen MR) is 70.7 cm³/mol. The lowest BCUT2D eigenvalue weighted by Crippen LogP contribution is -2.46. The molecule has 3 nitrogen and oxygen atoms in total. The molecule has 5 unspecified atom stereocenters. The molecule has 2 fully saturated rings. The molecule has 0 aromatic heterocycles. The molecule has 2 aliphatic rings. The van der Waals surface area contributed by atoms with Crippen molar-refractivity contribution in [2.75, 3.05) is 26.2 Å². The van der Waals surface area contributed by atoms with E-state index in [1.807, 2.05) is 0 Å². The summed E-state index contributed by atoms with van der Waals surface area (Å²) in [4.78, 5) is 2.51. The third kappa shape index (κ3) is 3.21. The lowest BCUT2D eigenvalue weighted by molar-refractivity contribution is 0.125. The normalized spacial score (nSPS) is 44.1. The van der Waals surface area contributed by atoms with Crippen molar-refractivity contribution in [2.45, 2.75) is 39.2 Å². The average Bonchev–Trinajstić information content (AvgIpc) is 2.71. The van der Waals surface area contributed by atoms with Crippen LogP contribution in [0.2, 0.25) is 0 Å². The molecule has 1 aliphatic carbocycles. The van der Waals surface area contributed by atoms with Gasteiger partial charge in [0.15, 0.2) is 0 Å². The minimum absolute atomic E-state index is 0.347. The largest absolute Gasteiger partial charge is 0.396 e. The Kier molecular flexibility index (Phi) is 4.45. The summed E-state index contributed by atoms with van der Waals surface area (Å²) < 4.78 is 0. The van der Waals surface area contributed by atoms with Gasteiger partial charge >= 0.3 is 0 Å². The number of hydrogen-bond acceptors (Lipinski definition) is 3. The summed E-state index contributed by atoms with van der Waals surface area (Å²) in [7, 11) is 0. The molecule has 0 aromatic carbocycles. The maximum Gasteiger partial charge on any atom is 0.0471 e. The Bertz CT molecular complexity index is 234. The maximum atomic E-state index is 9.18. The topological polar surface area (TPSA) is 49.5 Å². The molecule has 0 radical (unpaired) electrons. The molecule has 0 amide bonds. The molecule has 1 saturated carbocycles. The Morgan fingerprint density at radius 1 is 1.29 bits per heavy atom. The number of rotatable bonds is 3. The zero-order chi connectivity index (χ0) is 12.4. The van der Waals surface area contributed by atoms with Crippen LogP contribution in [0.3, 0.4) is 0 Å². The fraction of sp³-hybridized carbons (Fsp3) is 1.00. The molecule has 0 spiro atoms. The van der Waals surface area contributed by atoms with Crippen molar-refractivity contribution >= 4 is 0 Å². The molecular weight excluding hydrogens is 212 g/mol. The number of likely N-dealkylation sites (tertiary alicyclic amines) is 1. The molecule has 1 heterocycles. The van der Waals surface area contributed by atoms with Crippen LogP contribution in [0.25, 0.3) is 0 Å². The van der Waals surface area contributed by atoms with E-state index >= 15 is 0 Å². The van der Waals surface area contributed by atoms with Crippen molar-refractivity contribution in [1.29, 1.82) is 0 Å². The first-order chi connectivity index (χ1) is 8.10. The minimum atomic E-state index is 0.347. The number of hydrogen-bond donors (Lipinski definition) is 2. The third-order valence-corrected chi connectivity index (χ3v) is 4.83. The van der Waals surface area contributed by atoms with Crippen LogP contribution in [-0.4, -0.2) is 42.3 Å². The highest BCUT2D eigenvalue weighted by Crippen LogP contribution is 2.34. The first kappa shape index (κ1) is 13.3. The van der Waals surface area contributed by atoms with E-state index in [0.29, 0.717) is 24.5 Å². The van der Waals surface area contributed by atoms with Gasteiger partial charge in [0.25, 0.3) is 0 Å². The number of aliphatic hydroxyl groups excluding tert-OH is 1. The smallest absolute Gasteiger partial charge is 0.0471 e. The van der Waals surface area contributed by atoms with Crippen LogP contribution < -0.4 is 5.73 Å². The van der Waals surface area contributed by atoms with E-state index in [9.17, 15) is 5.11 Å². The Morgan fingerprint density at radius 3 is 2.65 bits per heavy atom. The second-order valence-corrected chi connectivity index (χ2v) is 6.48. The van der Waals surface area contributed by atoms with Crippen molar-refractivity contribution in [2.24, 2.45) is 29.4 Å². The van der Waals surface area contributed by atoms with Crippen molar-refractivity contribution in [3.63, 3.8) is 0 Å². The van der Waals surface area contributed by atoms with Crippen LogP contribution in [-0.2, 0) is 0 Å². The fourth-order valence-electron chi connectivity index (χ4n) is 3.81. The molecule has 100 valence electrons. The molecule has 17 heavy (non-hydrogen) atoms. The lowest BCUT2D eigenvalue weighted by atomic mass is 9.72.